The Kier molecular flexibility index (Phi) is 5.66. The Morgan fingerprint density at radius 1 is 1.67 bits per heavy atom. The third-order valence-electron chi connectivity index (χ3n) is 1.79. The molecule has 12 heavy (non-hydrogen) atoms. The molecule has 0 radical (unpaired) electrons. The lowest BCUT2D eigenvalue weighted by Crippen LogP contribution is -2.41. The Hall–Kier alpha value is -0.610. The van der Waals surface area contributed by atoms with Gasteiger partial charge in [-0.2, -0.15) is 0 Å². The monoisotopic (exact) mass is 174 g/mol. The first-order chi connectivity index (χ1) is 5.63. The number of carbonyl (C=O) groups is 1. The molecule has 0 aliphatic rings. The third-order valence-corrected chi connectivity index (χ3v) is 1.79. The van der Waals surface area contributed by atoms with Crippen LogP contribution in [0.1, 0.15) is 6.92 Å². The van der Waals surface area contributed by atoms with E-state index in [1.807, 2.05) is 6.92 Å². The molecule has 0 aliphatic carbocycles. The second kappa shape index (κ2) is 5.97. The van der Waals surface area contributed by atoms with E-state index in [1.54, 1.807) is 26.1 Å². The SMILES string of the molecule is CNCC(=O)N(C)C(C)COC. The van der Waals surface area contributed by atoms with Gasteiger partial charge in [-0.15, -0.1) is 0 Å². The van der Waals surface area contributed by atoms with Crippen LogP contribution in [0, 0.1) is 0 Å². The van der Waals surface area contributed by atoms with Gasteiger partial charge in [-0.3, -0.25) is 4.79 Å². The summed E-state index contributed by atoms with van der Waals surface area (Å²) in [5.74, 6) is 0.0852. The number of hydrogen-bond donors (Lipinski definition) is 1. The average Bonchev–Trinajstić information content (AvgIpc) is 2.04. The van der Waals surface area contributed by atoms with E-state index in [-0.39, 0.29) is 11.9 Å². The largest absolute Gasteiger partial charge is 0.383 e. The van der Waals surface area contributed by atoms with E-state index in [9.17, 15) is 4.79 Å². The second-order valence-electron chi connectivity index (χ2n) is 2.84. The summed E-state index contributed by atoms with van der Waals surface area (Å²) in [5, 5.41) is 2.81. The highest BCUT2D eigenvalue weighted by molar-refractivity contribution is 5.78. The van der Waals surface area contributed by atoms with Crippen molar-refractivity contribution in [3.05, 3.63) is 0 Å². The van der Waals surface area contributed by atoms with Crippen molar-refractivity contribution in [1.29, 1.82) is 0 Å². The Labute approximate surface area is 73.9 Å². The molecule has 1 amide bonds. The normalized spacial score (nSPS) is 12.7. The van der Waals surface area contributed by atoms with Gasteiger partial charge in [0.2, 0.25) is 5.91 Å². The minimum Gasteiger partial charge on any atom is -0.383 e. The highest BCUT2D eigenvalue weighted by Gasteiger charge is 2.13. The molecule has 0 spiro atoms. The maximum Gasteiger partial charge on any atom is 0.236 e. The number of likely N-dealkylation sites (N-methyl/N-ethyl adjacent to an activating group) is 2. The fraction of sp³-hybridized carbons (Fsp3) is 0.875. The van der Waals surface area contributed by atoms with Crippen LogP contribution in [0.25, 0.3) is 0 Å². The van der Waals surface area contributed by atoms with Gasteiger partial charge in [-0.05, 0) is 14.0 Å². The molecule has 0 heterocycles. The van der Waals surface area contributed by atoms with Gasteiger partial charge in [-0.25, -0.2) is 0 Å². The quantitative estimate of drug-likeness (QED) is 0.622. The van der Waals surface area contributed by atoms with Crippen LogP contribution in [0.5, 0.6) is 0 Å². The van der Waals surface area contributed by atoms with Gasteiger partial charge in [0.15, 0.2) is 0 Å². The molecule has 1 atom stereocenters. The molecule has 0 bridgehead atoms. The van der Waals surface area contributed by atoms with Crippen LogP contribution in [0.15, 0.2) is 0 Å². The molecule has 0 saturated carbocycles. The van der Waals surface area contributed by atoms with Crippen molar-refractivity contribution in [3.63, 3.8) is 0 Å². The molecule has 0 aromatic rings. The Bertz CT molecular complexity index is 139. The highest BCUT2D eigenvalue weighted by atomic mass is 16.5. The van der Waals surface area contributed by atoms with E-state index < -0.39 is 0 Å². The van der Waals surface area contributed by atoms with Crippen molar-refractivity contribution in [2.75, 3.05) is 34.4 Å². The lowest BCUT2D eigenvalue weighted by Gasteiger charge is -2.24. The molecule has 0 aromatic heterocycles. The molecule has 4 nitrogen and oxygen atoms in total. The minimum atomic E-state index is 0.0852. The van der Waals surface area contributed by atoms with Crippen LogP contribution in [0.2, 0.25) is 0 Å². The first-order valence-electron chi connectivity index (χ1n) is 4.02. The van der Waals surface area contributed by atoms with Crippen LogP contribution >= 0.6 is 0 Å². The van der Waals surface area contributed by atoms with Crippen LogP contribution in [-0.2, 0) is 9.53 Å². The van der Waals surface area contributed by atoms with Gasteiger partial charge >= 0.3 is 0 Å². The summed E-state index contributed by atoms with van der Waals surface area (Å²) in [7, 11) is 5.17. The summed E-state index contributed by atoms with van der Waals surface area (Å²) in [4.78, 5) is 12.9. The van der Waals surface area contributed by atoms with Gasteiger partial charge in [0.25, 0.3) is 0 Å². The fourth-order valence-corrected chi connectivity index (χ4v) is 0.875. The van der Waals surface area contributed by atoms with Crippen LogP contribution < -0.4 is 5.32 Å². The standard InChI is InChI=1S/C8H18N2O2/c1-7(6-12-4)10(3)8(11)5-9-2/h7,9H,5-6H2,1-4H3. The maximum absolute atomic E-state index is 11.3. The zero-order valence-corrected chi connectivity index (χ0v) is 8.26. The molecule has 0 aromatic carbocycles. The Morgan fingerprint density at radius 2 is 2.25 bits per heavy atom. The van der Waals surface area contributed by atoms with Crippen molar-refractivity contribution >= 4 is 5.91 Å². The Morgan fingerprint density at radius 3 is 2.67 bits per heavy atom. The van der Waals surface area contributed by atoms with E-state index in [1.165, 1.54) is 0 Å². The summed E-state index contributed by atoms with van der Waals surface area (Å²) < 4.78 is 4.94. The van der Waals surface area contributed by atoms with Crippen molar-refractivity contribution < 1.29 is 9.53 Å². The van der Waals surface area contributed by atoms with Crippen molar-refractivity contribution in [2.24, 2.45) is 0 Å². The molecule has 0 aliphatic heterocycles. The van der Waals surface area contributed by atoms with Crippen molar-refractivity contribution in [2.45, 2.75) is 13.0 Å². The first kappa shape index (κ1) is 11.4. The number of amides is 1. The number of nitrogens with zero attached hydrogens (tertiary/aromatic N) is 1. The number of rotatable bonds is 5. The molecular weight excluding hydrogens is 156 g/mol. The molecule has 72 valence electrons. The minimum absolute atomic E-state index is 0.0852. The molecule has 0 rings (SSSR count). The van der Waals surface area contributed by atoms with Gasteiger partial charge in [-0.1, -0.05) is 0 Å². The van der Waals surface area contributed by atoms with Crippen LogP contribution in [0.3, 0.4) is 0 Å². The zero-order valence-electron chi connectivity index (χ0n) is 8.26. The molecule has 4 heteroatoms. The number of nitrogens with one attached hydrogen (secondary N) is 1. The summed E-state index contributed by atoms with van der Waals surface area (Å²) >= 11 is 0. The highest BCUT2D eigenvalue weighted by Crippen LogP contribution is 1.95. The van der Waals surface area contributed by atoms with Gasteiger partial charge in [0.05, 0.1) is 19.2 Å². The summed E-state index contributed by atoms with van der Waals surface area (Å²) in [6, 6.07) is 0.135. The second-order valence-corrected chi connectivity index (χ2v) is 2.84. The summed E-state index contributed by atoms with van der Waals surface area (Å²) in [5.41, 5.74) is 0. The van der Waals surface area contributed by atoms with E-state index in [2.05, 4.69) is 5.32 Å². The summed E-state index contributed by atoms with van der Waals surface area (Å²) in [6.07, 6.45) is 0. The van der Waals surface area contributed by atoms with Gasteiger partial charge < -0.3 is 15.0 Å². The summed E-state index contributed by atoms with van der Waals surface area (Å²) in [6.45, 7) is 2.91. The van der Waals surface area contributed by atoms with E-state index >= 15 is 0 Å². The van der Waals surface area contributed by atoms with Crippen molar-refractivity contribution in [3.8, 4) is 0 Å². The zero-order chi connectivity index (χ0) is 9.56. The smallest absolute Gasteiger partial charge is 0.236 e. The lowest BCUT2D eigenvalue weighted by molar-refractivity contribution is -0.131. The van der Waals surface area contributed by atoms with Crippen molar-refractivity contribution in [1.82, 2.24) is 10.2 Å². The number of ether oxygens (including phenoxy) is 1. The molecular formula is C8H18N2O2. The predicted molar refractivity (Wildman–Crippen MR) is 48.0 cm³/mol. The lowest BCUT2D eigenvalue weighted by atomic mass is 10.3. The molecule has 1 N–H and O–H groups in total. The molecule has 0 saturated heterocycles. The topological polar surface area (TPSA) is 41.6 Å². The van der Waals surface area contributed by atoms with Gasteiger partial charge in [0.1, 0.15) is 0 Å². The Balaban J connectivity index is 3.82. The maximum atomic E-state index is 11.3. The van der Waals surface area contributed by atoms with Crippen LogP contribution in [-0.4, -0.2) is 51.2 Å². The number of carbonyl (C=O) groups excluding carboxylic acids is 1. The fourth-order valence-electron chi connectivity index (χ4n) is 0.875. The predicted octanol–water partition coefficient (Wildman–Crippen LogP) is -0.301. The average molecular weight is 174 g/mol. The first-order valence-corrected chi connectivity index (χ1v) is 4.02. The van der Waals surface area contributed by atoms with E-state index in [4.69, 9.17) is 4.74 Å². The van der Waals surface area contributed by atoms with Gasteiger partial charge in [0, 0.05) is 14.2 Å². The third kappa shape index (κ3) is 3.69. The number of methoxy groups -OCH3 is 1. The number of hydrogen-bond acceptors (Lipinski definition) is 3. The molecule has 0 fully saturated rings. The van der Waals surface area contributed by atoms with E-state index in [0.29, 0.717) is 13.2 Å². The van der Waals surface area contributed by atoms with E-state index in [0.717, 1.165) is 0 Å². The molecule has 1 unspecified atom stereocenters. The van der Waals surface area contributed by atoms with Crippen LogP contribution in [0.4, 0.5) is 0 Å².